The number of aliphatic carboxylic acids is 2. The predicted octanol–water partition coefficient (Wildman–Crippen LogP) is -3.01. The van der Waals surface area contributed by atoms with Gasteiger partial charge in [-0.05, 0) is 0 Å². The molecule has 0 radical (unpaired) electrons. The second-order valence-corrected chi connectivity index (χ2v) is 4.14. The summed E-state index contributed by atoms with van der Waals surface area (Å²) in [5, 5.41) is 45.9. The number of methoxy groups -OCH3 is 1. The summed E-state index contributed by atoms with van der Waals surface area (Å²) in [5.41, 5.74) is 0. The smallest absolute Gasteiger partial charge is 0.344 e. The Kier molecular flexibility index (Phi) is 5.80. The van der Waals surface area contributed by atoms with Crippen molar-refractivity contribution in [2.24, 2.45) is 0 Å². The van der Waals surface area contributed by atoms with Crippen LogP contribution in [0.25, 0.3) is 0 Å². The lowest BCUT2D eigenvalue weighted by molar-refractivity contribution is -0.297. The van der Waals surface area contributed by atoms with Gasteiger partial charge in [0.15, 0.2) is 6.29 Å². The van der Waals surface area contributed by atoms with E-state index in [1.54, 1.807) is 0 Å². The topological polar surface area (TPSA) is 163 Å². The number of rotatable bonds is 6. The van der Waals surface area contributed by atoms with Crippen LogP contribution in [0.15, 0.2) is 0 Å². The van der Waals surface area contributed by atoms with E-state index >= 15 is 0 Å². The molecule has 20 heavy (non-hydrogen) atoms. The van der Waals surface area contributed by atoms with Crippen LogP contribution in [0.3, 0.4) is 0 Å². The zero-order valence-electron chi connectivity index (χ0n) is 10.4. The number of carboxylic acids is 2. The molecule has 1 aliphatic heterocycles. The highest BCUT2D eigenvalue weighted by atomic mass is 16.7. The molecule has 0 aromatic rings. The third-order valence-corrected chi connectivity index (χ3v) is 2.78. The van der Waals surface area contributed by atoms with Gasteiger partial charge in [0.05, 0.1) is 6.61 Å². The van der Waals surface area contributed by atoms with E-state index in [0.717, 1.165) is 0 Å². The molecule has 116 valence electrons. The van der Waals surface area contributed by atoms with Crippen molar-refractivity contribution in [3.05, 3.63) is 0 Å². The summed E-state index contributed by atoms with van der Waals surface area (Å²) < 4.78 is 14.4. The lowest BCUT2D eigenvalue weighted by atomic mass is 9.99. The molecule has 1 fully saturated rings. The van der Waals surface area contributed by atoms with Gasteiger partial charge in [0.2, 0.25) is 0 Å². The maximum atomic E-state index is 10.6. The van der Waals surface area contributed by atoms with Crippen molar-refractivity contribution in [3.8, 4) is 0 Å². The summed E-state index contributed by atoms with van der Waals surface area (Å²) in [6.07, 6.45) is -9.32. The standard InChI is InChI=1S/C10H16O10/c1-18-10-6(13)5(12)4(11)3(20-10)2-19-7(8(14)15)9(16)17/h3-7,10-13H,2H2,1H3,(H,14,15)(H,16,17)/t3-,4-,5+,6+,10+/m1/s1. The van der Waals surface area contributed by atoms with Gasteiger partial charge >= 0.3 is 11.9 Å². The lowest BCUT2D eigenvalue weighted by Crippen LogP contribution is -2.59. The van der Waals surface area contributed by atoms with E-state index in [9.17, 15) is 24.9 Å². The molecule has 10 heteroatoms. The van der Waals surface area contributed by atoms with Gasteiger partial charge in [0.1, 0.15) is 24.4 Å². The van der Waals surface area contributed by atoms with Crippen LogP contribution in [-0.2, 0) is 23.8 Å². The monoisotopic (exact) mass is 296 g/mol. The van der Waals surface area contributed by atoms with Crippen molar-refractivity contribution < 1.29 is 49.3 Å². The van der Waals surface area contributed by atoms with E-state index in [4.69, 9.17) is 19.7 Å². The van der Waals surface area contributed by atoms with Crippen molar-refractivity contribution in [2.45, 2.75) is 36.8 Å². The summed E-state index contributed by atoms with van der Waals surface area (Å²) >= 11 is 0. The molecule has 1 aliphatic rings. The number of aliphatic hydroxyl groups excluding tert-OH is 3. The van der Waals surface area contributed by atoms with Crippen molar-refractivity contribution >= 4 is 11.9 Å². The maximum Gasteiger partial charge on any atom is 0.344 e. The predicted molar refractivity (Wildman–Crippen MR) is 58.7 cm³/mol. The average Bonchev–Trinajstić information content (AvgIpc) is 2.38. The molecule has 5 N–H and O–H groups in total. The highest BCUT2D eigenvalue weighted by Crippen LogP contribution is 2.22. The minimum Gasteiger partial charge on any atom is -0.479 e. The molecule has 1 saturated heterocycles. The van der Waals surface area contributed by atoms with Gasteiger partial charge < -0.3 is 39.7 Å². The van der Waals surface area contributed by atoms with E-state index < -0.39 is 55.4 Å². The van der Waals surface area contributed by atoms with Gasteiger partial charge in [0, 0.05) is 7.11 Å². The first-order valence-electron chi connectivity index (χ1n) is 5.59. The summed E-state index contributed by atoms with van der Waals surface area (Å²) in [5.74, 6) is -3.43. The Morgan fingerprint density at radius 2 is 1.65 bits per heavy atom. The fourth-order valence-electron chi connectivity index (χ4n) is 1.69. The number of hydrogen-bond acceptors (Lipinski definition) is 8. The molecule has 0 amide bonds. The van der Waals surface area contributed by atoms with Crippen molar-refractivity contribution in [2.75, 3.05) is 13.7 Å². The minimum absolute atomic E-state index is 0.617. The molecule has 0 aromatic heterocycles. The van der Waals surface area contributed by atoms with Crippen LogP contribution in [0, 0.1) is 0 Å². The molecule has 5 atom stereocenters. The van der Waals surface area contributed by atoms with E-state index in [1.807, 2.05) is 0 Å². The van der Waals surface area contributed by atoms with E-state index in [0.29, 0.717) is 0 Å². The maximum absolute atomic E-state index is 10.6. The number of hydrogen-bond donors (Lipinski definition) is 5. The largest absolute Gasteiger partial charge is 0.479 e. The zero-order chi connectivity index (χ0) is 15.4. The van der Waals surface area contributed by atoms with Gasteiger partial charge in [-0.25, -0.2) is 9.59 Å². The molecule has 10 nitrogen and oxygen atoms in total. The van der Waals surface area contributed by atoms with Gasteiger partial charge in [-0.3, -0.25) is 0 Å². The molecular weight excluding hydrogens is 280 g/mol. The lowest BCUT2D eigenvalue weighted by Gasteiger charge is -2.39. The third-order valence-electron chi connectivity index (χ3n) is 2.78. The SMILES string of the molecule is CO[C@H]1O[C@H](COC(C(=O)O)C(=O)O)[C@@H](O)[C@H](O)[C@@H]1O. The quantitative estimate of drug-likeness (QED) is 0.319. The van der Waals surface area contributed by atoms with Crippen LogP contribution in [0.5, 0.6) is 0 Å². The summed E-state index contributed by atoms with van der Waals surface area (Å²) in [6, 6.07) is 0. The van der Waals surface area contributed by atoms with Crippen molar-refractivity contribution in [3.63, 3.8) is 0 Å². The summed E-state index contributed by atoms with van der Waals surface area (Å²) in [7, 11) is 1.19. The van der Waals surface area contributed by atoms with E-state index in [1.165, 1.54) is 7.11 Å². The first-order chi connectivity index (χ1) is 9.29. The Hall–Kier alpha value is -1.30. The summed E-state index contributed by atoms with van der Waals surface area (Å²) in [6.45, 7) is -0.617. The number of carbonyl (C=O) groups is 2. The Morgan fingerprint density at radius 1 is 1.10 bits per heavy atom. The van der Waals surface area contributed by atoms with Crippen LogP contribution in [0.4, 0.5) is 0 Å². The fourth-order valence-corrected chi connectivity index (χ4v) is 1.69. The Morgan fingerprint density at radius 3 is 2.10 bits per heavy atom. The number of ether oxygens (including phenoxy) is 3. The molecule has 0 aliphatic carbocycles. The summed E-state index contributed by atoms with van der Waals surface area (Å²) in [4.78, 5) is 21.2. The molecule has 0 unspecified atom stereocenters. The van der Waals surface area contributed by atoms with E-state index in [-0.39, 0.29) is 0 Å². The normalized spacial score (nSPS) is 34.1. The molecule has 0 spiro atoms. The highest BCUT2D eigenvalue weighted by molar-refractivity contribution is 5.95. The van der Waals surface area contributed by atoms with Crippen LogP contribution in [0.1, 0.15) is 0 Å². The molecule has 1 heterocycles. The van der Waals surface area contributed by atoms with Gasteiger partial charge in [0.25, 0.3) is 6.10 Å². The first-order valence-corrected chi connectivity index (χ1v) is 5.59. The van der Waals surface area contributed by atoms with Gasteiger partial charge in [-0.15, -0.1) is 0 Å². The molecular formula is C10H16O10. The average molecular weight is 296 g/mol. The van der Waals surface area contributed by atoms with E-state index in [2.05, 4.69) is 4.74 Å². The van der Waals surface area contributed by atoms with Crippen LogP contribution < -0.4 is 0 Å². The Bertz CT molecular complexity index is 342. The Labute approximate surface area is 113 Å². The Balaban J connectivity index is 2.66. The van der Waals surface area contributed by atoms with Gasteiger partial charge in [-0.1, -0.05) is 0 Å². The molecule has 0 aromatic carbocycles. The van der Waals surface area contributed by atoms with Crippen LogP contribution in [0.2, 0.25) is 0 Å². The second-order valence-electron chi connectivity index (χ2n) is 4.14. The van der Waals surface area contributed by atoms with Crippen LogP contribution in [-0.4, -0.2) is 88.0 Å². The first kappa shape index (κ1) is 16.8. The third kappa shape index (κ3) is 3.62. The van der Waals surface area contributed by atoms with Crippen LogP contribution >= 0.6 is 0 Å². The molecule has 0 saturated carbocycles. The van der Waals surface area contributed by atoms with Crippen molar-refractivity contribution in [1.82, 2.24) is 0 Å². The highest BCUT2D eigenvalue weighted by Gasteiger charge is 2.44. The molecule has 0 bridgehead atoms. The fraction of sp³-hybridized carbons (Fsp3) is 0.800. The number of carboxylic acid groups (broad SMARTS) is 2. The zero-order valence-corrected chi connectivity index (χ0v) is 10.4. The van der Waals surface area contributed by atoms with Gasteiger partial charge in [-0.2, -0.15) is 0 Å². The minimum atomic E-state index is -2.13. The molecule has 1 rings (SSSR count). The number of aliphatic hydroxyl groups is 3. The second kappa shape index (κ2) is 6.92. The van der Waals surface area contributed by atoms with Crippen molar-refractivity contribution in [1.29, 1.82) is 0 Å².